The molecule has 0 aliphatic carbocycles. The van der Waals surface area contributed by atoms with Gasteiger partial charge in [-0.05, 0) is 12.1 Å². The molecule has 5 atom stereocenters. The summed E-state index contributed by atoms with van der Waals surface area (Å²) in [7, 11) is -5.09. The van der Waals surface area contributed by atoms with E-state index in [0.717, 1.165) is 0 Å². The molecule has 0 saturated carbocycles. The smallest absolute Gasteiger partial charge is 0.430 e. The molecule has 0 aromatic carbocycles. The van der Waals surface area contributed by atoms with Crippen LogP contribution in [-0.2, 0) is 18.6 Å². The molecular formula is C12H18N3O11P. The average molecular weight is 411 g/mol. The number of aromatic nitrogens is 1. The van der Waals surface area contributed by atoms with E-state index in [0.29, 0.717) is 11.4 Å². The van der Waals surface area contributed by atoms with Crippen LogP contribution in [0.2, 0.25) is 0 Å². The van der Waals surface area contributed by atoms with Crippen LogP contribution in [0.5, 0.6) is 0 Å². The van der Waals surface area contributed by atoms with E-state index in [1.165, 1.54) is 18.3 Å². The summed E-state index contributed by atoms with van der Waals surface area (Å²) in [5.41, 5.74) is 10.6. The van der Waals surface area contributed by atoms with E-state index in [1.807, 2.05) is 0 Å². The van der Waals surface area contributed by atoms with Gasteiger partial charge in [-0.2, -0.15) is 0 Å². The first kappa shape index (κ1) is 22.9. The number of amides is 1. The molecule has 0 radical (unpaired) electrons. The van der Waals surface area contributed by atoms with Gasteiger partial charge in [0.15, 0.2) is 6.10 Å². The van der Waals surface area contributed by atoms with Crippen LogP contribution in [0.4, 0.5) is 5.82 Å². The number of hydrogen-bond acceptors (Lipinski definition) is 11. The molecule has 1 amide bonds. The first-order chi connectivity index (χ1) is 12.3. The van der Waals surface area contributed by atoms with Crippen molar-refractivity contribution < 1.29 is 53.6 Å². The highest BCUT2D eigenvalue weighted by Gasteiger charge is 2.46. The first-order valence-corrected chi connectivity index (χ1v) is 8.54. The topological polar surface area (TPSA) is 256 Å². The molecule has 2 heterocycles. The van der Waals surface area contributed by atoms with Gasteiger partial charge in [-0.15, -0.1) is 0 Å². The molecule has 1 aromatic rings. The number of esters is 1. The number of carbonyl (C=O) groups is 2. The number of phosphoric ester groups is 1. The number of anilines is 1. The fraction of sp³-hybridized carbons (Fsp3) is 0.417. The van der Waals surface area contributed by atoms with Crippen molar-refractivity contribution in [1.82, 2.24) is 4.98 Å². The second-order valence-corrected chi connectivity index (χ2v) is 6.35. The van der Waals surface area contributed by atoms with Gasteiger partial charge in [-0.25, -0.2) is 18.9 Å². The van der Waals surface area contributed by atoms with Gasteiger partial charge in [-0.1, -0.05) is 0 Å². The summed E-state index contributed by atoms with van der Waals surface area (Å²) >= 11 is 0. The van der Waals surface area contributed by atoms with E-state index in [4.69, 9.17) is 26.4 Å². The fourth-order valence-corrected chi connectivity index (χ4v) is 2.15. The second-order valence-electron chi connectivity index (χ2n) is 5.15. The Bertz CT molecular complexity index is 709. The van der Waals surface area contributed by atoms with Gasteiger partial charge in [0, 0.05) is 6.20 Å². The van der Waals surface area contributed by atoms with Crippen LogP contribution in [0.25, 0.3) is 0 Å². The predicted octanol–water partition coefficient (Wildman–Crippen LogP) is -3.82. The van der Waals surface area contributed by atoms with E-state index in [-0.39, 0.29) is 0 Å². The third-order valence-corrected chi connectivity index (χ3v) is 3.57. The number of nitrogens with zero attached hydrogens (tertiary/aromatic N) is 1. The average Bonchev–Trinajstić information content (AvgIpc) is 2.63. The van der Waals surface area contributed by atoms with Crippen molar-refractivity contribution in [3.8, 4) is 0 Å². The third kappa shape index (κ3) is 6.82. The number of hydrogen-bond donors (Lipinski definition) is 8. The summed E-state index contributed by atoms with van der Waals surface area (Å²) in [5.74, 6) is -1.61. The van der Waals surface area contributed by atoms with Gasteiger partial charge >= 0.3 is 13.8 Å². The van der Waals surface area contributed by atoms with Crippen LogP contribution >= 0.6 is 7.82 Å². The minimum absolute atomic E-state index is 0.370. The van der Waals surface area contributed by atoms with Gasteiger partial charge in [0.2, 0.25) is 12.2 Å². The number of nitrogens with two attached hydrogens (primary N) is 2. The van der Waals surface area contributed by atoms with E-state index >= 15 is 0 Å². The molecule has 15 heteroatoms. The van der Waals surface area contributed by atoms with Crippen LogP contribution in [0, 0.1) is 0 Å². The number of aliphatic hydroxyl groups is 4. The summed E-state index contributed by atoms with van der Waals surface area (Å²) < 4.78 is 18.6. The minimum Gasteiger partial charge on any atom is -0.430 e. The molecule has 152 valence electrons. The SMILES string of the molecule is NC(=O)c1ccc(N)nc1.O=C1OC(OP(=O)(O)O)[C@@H](O)[C@@H](O)[C@H](O)[C@H]1O. The Kier molecular flexibility index (Phi) is 7.77. The number of pyridine rings is 1. The molecule has 14 nitrogen and oxygen atoms in total. The second kappa shape index (κ2) is 9.16. The predicted molar refractivity (Wildman–Crippen MR) is 84.2 cm³/mol. The lowest BCUT2D eigenvalue weighted by atomic mass is 10.0. The lowest BCUT2D eigenvalue weighted by Crippen LogP contribution is -2.46. The highest BCUT2D eigenvalue weighted by Crippen LogP contribution is 2.39. The van der Waals surface area contributed by atoms with Crippen molar-refractivity contribution in [3.05, 3.63) is 23.9 Å². The number of phosphoric acid groups is 1. The molecule has 0 spiro atoms. The summed E-state index contributed by atoms with van der Waals surface area (Å²) in [6.07, 6.45) is -9.29. The minimum atomic E-state index is -5.09. The van der Waals surface area contributed by atoms with E-state index in [1.54, 1.807) is 0 Å². The third-order valence-electron chi connectivity index (χ3n) is 3.09. The molecule has 0 bridgehead atoms. The number of nitrogen functional groups attached to an aromatic ring is 1. The molecule has 1 aliphatic heterocycles. The zero-order valence-corrected chi connectivity index (χ0v) is 14.3. The largest absolute Gasteiger partial charge is 0.472 e. The Morgan fingerprint density at radius 1 is 1.15 bits per heavy atom. The summed E-state index contributed by atoms with van der Waals surface area (Å²) in [6.45, 7) is 0. The van der Waals surface area contributed by atoms with Crippen molar-refractivity contribution in [2.24, 2.45) is 5.73 Å². The molecule has 27 heavy (non-hydrogen) atoms. The maximum absolute atomic E-state index is 11.0. The number of cyclic esters (lactones) is 1. The Morgan fingerprint density at radius 2 is 1.74 bits per heavy atom. The molecular weight excluding hydrogens is 393 g/mol. The zero-order valence-electron chi connectivity index (χ0n) is 13.4. The van der Waals surface area contributed by atoms with Gasteiger partial charge in [-0.3, -0.25) is 4.79 Å². The number of aliphatic hydroxyl groups excluding tert-OH is 4. The van der Waals surface area contributed by atoms with Gasteiger partial charge in [0.25, 0.3) is 0 Å². The normalized spacial score (nSPS) is 28.4. The van der Waals surface area contributed by atoms with Crippen LogP contribution in [0.15, 0.2) is 18.3 Å². The van der Waals surface area contributed by atoms with E-state index in [2.05, 4.69) is 14.2 Å². The van der Waals surface area contributed by atoms with E-state index in [9.17, 15) is 29.5 Å². The first-order valence-electron chi connectivity index (χ1n) is 7.01. The Hall–Kier alpha value is -2.16. The molecule has 1 saturated heterocycles. The zero-order chi connectivity index (χ0) is 20.9. The van der Waals surface area contributed by atoms with Gasteiger partial charge < -0.3 is 46.4 Å². The van der Waals surface area contributed by atoms with Crippen molar-refractivity contribution in [1.29, 1.82) is 0 Å². The number of rotatable bonds is 3. The Morgan fingerprint density at radius 3 is 2.19 bits per heavy atom. The lowest BCUT2D eigenvalue weighted by molar-refractivity contribution is -0.189. The lowest BCUT2D eigenvalue weighted by Gasteiger charge is -2.24. The molecule has 1 unspecified atom stereocenters. The number of carbonyl (C=O) groups excluding carboxylic acids is 2. The standard InChI is InChI=1S/C6H7N3O.C6H11O10P/c7-5-2-1-4(3-9-5)6(8)10;7-1-2(8)4(10)6(16-17(12,13)14)15-5(11)3(1)9/h1-3H,(H2,7,9)(H2,8,10);1-4,6-10H,(H2,12,13,14)/t;1-,2-,3+,4-,6?/m.0/s1. The molecule has 1 fully saturated rings. The van der Waals surface area contributed by atoms with Gasteiger partial charge in [0.1, 0.15) is 24.1 Å². The van der Waals surface area contributed by atoms with Crippen LogP contribution < -0.4 is 11.5 Å². The van der Waals surface area contributed by atoms with Crippen molar-refractivity contribution in [2.75, 3.05) is 5.73 Å². The summed E-state index contributed by atoms with van der Waals surface area (Å²) in [5, 5.41) is 36.8. The fourth-order valence-electron chi connectivity index (χ4n) is 1.71. The highest BCUT2D eigenvalue weighted by atomic mass is 31.2. The molecule has 1 aliphatic rings. The van der Waals surface area contributed by atoms with Gasteiger partial charge in [0.05, 0.1) is 5.56 Å². The van der Waals surface area contributed by atoms with Crippen LogP contribution in [-0.4, -0.2) is 77.8 Å². The van der Waals surface area contributed by atoms with Crippen molar-refractivity contribution in [2.45, 2.75) is 30.7 Å². The van der Waals surface area contributed by atoms with Crippen LogP contribution in [0.1, 0.15) is 10.4 Å². The van der Waals surface area contributed by atoms with Crippen molar-refractivity contribution >= 4 is 25.5 Å². The molecule has 1 aromatic heterocycles. The maximum Gasteiger partial charge on any atom is 0.472 e. The van der Waals surface area contributed by atoms with Crippen LogP contribution in [0.3, 0.4) is 0 Å². The number of primary amides is 1. The summed E-state index contributed by atoms with van der Waals surface area (Å²) in [4.78, 5) is 42.1. The molecule has 2 rings (SSSR count). The highest BCUT2D eigenvalue weighted by molar-refractivity contribution is 7.46. The van der Waals surface area contributed by atoms with Crippen molar-refractivity contribution in [3.63, 3.8) is 0 Å². The number of ether oxygens (including phenoxy) is 1. The summed E-state index contributed by atoms with van der Waals surface area (Å²) in [6, 6.07) is 3.06. The maximum atomic E-state index is 11.0. The Labute approximate surface area is 151 Å². The molecule has 10 N–H and O–H groups in total. The monoisotopic (exact) mass is 411 g/mol. The van der Waals surface area contributed by atoms with E-state index < -0.39 is 50.4 Å². The quantitative estimate of drug-likeness (QED) is 0.175. The Balaban J connectivity index is 0.000000309.